The Bertz CT molecular complexity index is 1060. The van der Waals surface area contributed by atoms with Gasteiger partial charge >= 0.3 is 0 Å². The molecular weight excluding hydrogens is 383 g/mol. The summed E-state index contributed by atoms with van der Waals surface area (Å²) in [6.07, 6.45) is 4.69. The van der Waals surface area contributed by atoms with E-state index >= 15 is 0 Å². The summed E-state index contributed by atoms with van der Waals surface area (Å²) in [5.41, 5.74) is 3.35. The summed E-state index contributed by atoms with van der Waals surface area (Å²) >= 11 is 0. The second kappa shape index (κ2) is 8.62. The molecule has 0 spiro atoms. The van der Waals surface area contributed by atoms with Crippen molar-refractivity contribution in [3.63, 3.8) is 0 Å². The average molecular weight is 406 g/mol. The molecule has 3 aromatic rings. The third-order valence-electron chi connectivity index (χ3n) is 5.45. The molecule has 154 valence electrons. The second-order valence-corrected chi connectivity index (χ2v) is 7.46. The lowest BCUT2D eigenvalue weighted by Gasteiger charge is -2.20. The monoisotopic (exact) mass is 406 g/mol. The zero-order chi connectivity index (χ0) is 21.1. The van der Waals surface area contributed by atoms with Gasteiger partial charge in [0.15, 0.2) is 0 Å². The van der Waals surface area contributed by atoms with Crippen LogP contribution in [0.1, 0.15) is 39.1 Å². The zero-order valence-corrected chi connectivity index (χ0v) is 16.9. The number of nitrogens with zero attached hydrogens (tertiary/aromatic N) is 5. The Morgan fingerprint density at radius 1 is 1.13 bits per heavy atom. The molecule has 1 aliphatic heterocycles. The molecule has 1 aliphatic rings. The van der Waals surface area contributed by atoms with Gasteiger partial charge in [-0.25, -0.2) is 14.4 Å². The number of aryl methyl sites for hydroxylation is 2. The lowest BCUT2D eigenvalue weighted by Crippen LogP contribution is -2.37. The smallest absolute Gasteiger partial charge is 0.272 e. The van der Waals surface area contributed by atoms with E-state index in [0.717, 1.165) is 17.1 Å². The van der Waals surface area contributed by atoms with Crippen LogP contribution in [0.15, 0.2) is 49.1 Å². The second-order valence-electron chi connectivity index (χ2n) is 7.46. The van der Waals surface area contributed by atoms with E-state index < -0.39 is 0 Å². The summed E-state index contributed by atoms with van der Waals surface area (Å²) in [4.78, 5) is 31.6. The van der Waals surface area contributed by atoms with Gasteiger partial charge in [-0.1, -0.05) is 18.2 Å². The highest BCUT2D eigenvalue weighted by atomic mass is 19.1. The molecule has 7 nitrogen and oxygen atoms in total. The molecule has 1 fully saturated rings. The maximum Gasteiger partial charge on any atom is 0.272 e. The largest absolute Gasteiger partial charge is 0.335 e. The van der Waals surface area contributed by atoms with Gasteiger partial charge in [0.25, 0.3) is 5.91 Å². The molecule has 1 N–H and O–H groups in total. The van der Waals surface area contributed by atoms with Crippen molar-refractivity contribution in [2.75, 3.05) is 13.1 Å². The molecule has 30 heavy (non-hydrogen) atoms. The lowest BCUT2D eigenvalue weighted by atomic mass is 9.93. The Balaban J connectivity index is 1.58. The van der Waals surface area contributed by atoms with E-state index in [1.807, 2.05) is 19.9 Å². The first kappa shape index (κ1) is 20.0. The molecule has 1 saturated heterocycles. The Morgan fingerprint density at radius 3 is 2.70 bits per heavy atom. The standard InChI is InChI=1S/C22H23FN6O/c1-14-9-19(28-13-27-14)22(30)29-11-17(16-5-3-4-6-18(16)23)21(12-29)26-10-20-15(2)24-7-8-25-20/h3-9,13,17,21,26H,10-12H2,1-2H3/t17-,21+/m0/s1. The zero-order valence-electron chi connectivity index (χ0n) is 16.9. The average Bonchev–Trinajstić information content (AvgIpc) is 3.17. The van der Waals surface area contributed by atoms with Crippen molar-refractivity contribution in [3.05, 3.63) is 83.2 Å². The summed E-state index contributed by atoms with van der Waals surface area (Å²) in [6, 6.07) is 8.27. The molecule has 8 heteroatoms. The van der Waals surface area contributed by atoms with Gasteiger partial charge in [-0.05, 0) is 31.5 Å². The predicted octanol–water partition coefficient (Wildman–Crippen LogP) is 2.42. The summed E-state index contributed by atoms with van der Waals surface area (Å²) in [5.74, 6) is -0.631. The van der Waals surface area contributed by atoms with Gasteiger partial charge in [0, 0.05) is 49.7 Å². The van der Waals surface area contributed by atoms with Crippen LogP contribution in [-0.2, 0) is 6.54 Å². The van der Waals surface area contributed by atoms with Gasteiger partial charge in [-0.2, -0.15) is 0 Å². The molecule has 0 unspecified atom stereocenters. The summed E-state index contributed by atoms with van der Waals surface area (Å²) < 4.78 is 14.6. The van der Waals surface area contributed by atoms with E-state index in [0.29, 0.717) is 30.9 Å². The fourth-order valence-corrected chi connectivity index (χ4v) is 3.84. The molecule has 2 atom stereocenters. The Labute approximate surface area is 174 Å². The van der Waals surface area contributed by atoms with E-state index in [1.54, 1.807) is 35.5 Å². The van der Waals surface area contributed by atoms with Crippen LogP contribution < -0.4 is 5.32 Å². The molecule has 1 amide bonds. The Morgan fingerprint density at radius 2 is 1.93 bits per heavy atom. The van der Waals surface area contributed by atoms with Crippen LogP contribution in [0.3, 0.4) is 0 Å². The van der Waals surface area contributed by atoms with Crippen molar-refractivity contribution >= 4 is 5.91 Å². The van der Waals surface area contributed by atoms with Crippen LogP contribution in [0.2, 0.25) is 0 Å². The molecule has 1 aromatic carbocycles. The molecule has 0 saturated carbocycles. The highest BCUT2D eigenvalue weighted by molar-refractivity contribution is 5.92. The van der Waals surface area contributed by atoms with Gasteiger partial charge in [0.2, 0.25) is 0 Å². The quantitative estimate of drug-likeness (QED) is 0.701. The fourth-order valence-electron chi connectivity index (χ4n) is 3.84. The summed E-state index contributed by atoms with van der Waals surface area (Å²) in [5, 5.41) is 3.47. The van der Waals surface area contributed by atoms with Crippen LogP contribution in [-0.4, -0.2) is 49.9 Å². The van der Waals surface area contributed by atoms with E-state index in [2.05, 4.69) is 25.3 Å². The first-order valence-corrected chi connectivity index (χ1v) is 9.85. The number of amides is 1. The highest BCUT2D eigenvalue weighted by Gasteiger charge is 2.38. The van der Waals surface area contributed by atoms with Crippen LogP contribution in [0.4, 0.5) is 4.39 Å². The first-order valence-electron chi connectivity index (χ1n) is 9.85. The minimum atomic E-state index is -0.267. The van der Waals surface area contributed by atoms with Crippen LogP contribution in [0.25, 0.3) is 0 Å². The van der Waals surface area contributed by atoms with E-state index in [9.17, 15) is 9.18 Å². The number of carbonyl (C=O) groups is 1. The number of halogens is 1. The number of hydrogen-bond acceptors (Lipinski definition) is 6. The molecule has 3 heterocycles. The summed E-state index contributed by atoms with van der Waals surface area (Å²) in [7, 11) is 0. The van der Waals surface area contributed by atoms with Crippen molar-refractivity contribution in [2.24, 2.45) is 0 Å². The van der Waals surface area contributed by atoms with Crippen LogP contribution in [0, 0.1) is 19.7 Å². The van der Waals surface area contributed by atoms with Crippen LogP contribution in [0.5, 0.6) is 0 Å². The minimum Gasteiger partial charge on any atom is -0.335 e. The van der Waals surface area contributed by atoms with Gasteiger partial charge in [0.05, 0.1) is 11.4 Å². The number of likely N-dealkylation sites (tertiary alicyclic amines) is 1. The first-order chi connectivity index (χ1) is 14.5. The SMILES string of the molecule is Cc1cc(C(=O)N2C[C@@H](NCc3nccnc3C)[C@H](c3ccccc3F)C2)ncn1. The number of rotatable bonds is 5. The van der Waals surface area contributed by atoms with Gasteiger partial charge in [0.1, 0.15) is 17.8 Å². The number of carbonyl (C=O) groups excluding carboxylic acids is 1. The Kier molecular flexibility index (Phi) is 5.76. The molecular formula is C22H23FN6O. The maximum atomic E-state index is 14.6. The van der Waals surface area contributed by atoms with Crippen molar-refractivity contribution in [1.29, 1.82) is 0 Å². The van der Waals surface area contributed by atoms with Crippen molar-refractivity contribution in [2.45, 2.75) is 32.4 Å². The van der Waals surface area contributed by atoms with Gasteiger partial charge < -0.3 is 10.2 Å². The summed E-state index contributed by atoms with van der Waals surface area (Å²) in [6.45, 7) is 5.06. The fraction of sp³-hybridized carbons (Fsp3) is 0.318. The van der Waals surface area contributed by atoms with Gasteiger partial charge in [-0.3, -0.25) is 14.8 Å². The normalized spacial score (nSPS) is 18.6. The maximum absolute atomic E-state index is 14.6. The van der Waals surface area contributed by atoms with Crippen molar-refractivity contribution in [3.8, 4) is 0 Å². The van der Waals surface area contributed by atoms with Crippen LogP contribution >= 0.6 is 0 Å². The minimum absolute atomic E-state index is 0.129. The third-order valence-corrected chi connectivity index (χ3v) is 5.45. The Hall–Kier alpha value is -3.26. The van der Waals surface area contributed by atoms with E-state index in [4.69, 9.17) is 0 Å². The predicted molar refractivity (Wildman–Crippen MR) is 109 cm³/mol. The van der Waals surface area contributed by atoms with E-state index in [1.165, 1.54) is 12.4 Å². The number of nitrogens with one attached hydrogen (secondary N) is 1. The van der Waals surface area contributed by atoms with Gasteiger partial charge in [-0.15, -0.1) is 0 Å². The molecule has 0 bridgehead atoms. The van der Waals surface area contributed by atoms with E-state index in [-0.39, 0.29) is 23.7 Å². The molecule has 0 radical (unpaired) electrons. The third kappa shape index (κ3) is 4.18. The molecule has 0 aliphatic carbocycles. The molecule has 2 aromatic heterocycles. The number of hydrogen-bond donors (Lipinski definition) is 1. The lowest BCUT2D eigenvalue weighted by molar-refractivity contribution is 0.0781. The van der Waals surface area contributed by atoms with Crippen molar-refractivity contribution < 1.29 is 9.18 Å². The highest BCUT2D eigenvalue weighted by Crippen LogP contribution is 2.30. The molecule has 4 rings (SSSR count). The number of benzene rings is 1. The number of aromatic nitrogens is 4. The topological polar surface area (TPSA) is 83.9 Å². The van der Waals surface area contributed by atoms with Crippen molar-refractivity contribution in [1.82, 2.24) is 30.2 Å².